The molecule has 3 amide bonds. The summed E-state index contributed by atoms with van der Waals surface area (Å²) in [5.74, 6) is -0.135. The Labute approximate surface area is 181 Å². The number of hydrogen-bond donors (Lipinski definition) is 2. The van der Waals surface area contributed by atoms with Crippen molar-refractivity contribution in [2.24, 2.45) is 0 Å². The molecule has 1 atom stereocenters. The summed E-state index contributed by atoms with van der Waals surface area (Å²) < 4.78 is 0. The van der Waals surface area contributed by atoms with Crippen LogP contribution in [0.2, 0.25) is 10.0 Å². The summed E-state index contributed by atoms with van der Waals surface area (Å²) >= 11 is 12.1. The molecule has 1 unspecified atom stereocenters. The molecule has 2 N–H and O–H groups in total. The maximum absolute atomic E-state index is 12.7. The largest absolute Gasteiger partial charge is 0.354 e. The summed E-state index contributed by atoms with van der Waals surface area (Å²) in [6.45, 7) is 3.10. The molecular formula is C22H25Cl2N3O2. The van der Waals surface area contributed by atoms with Crippen molar-refractivity contribution >= 4 is 40.8 Å². The van der Waals surface area contributed by atoms with Crippen molar-refractivity contribution in [1.29, 1.82) is 0 Å². The van der Waals surface area contributed by atoms with E-state index in [9.17, 15) is 9.59 Å². The Balaban J connectivity index is 1.53. The van der Waals surface area contributed by atoms with Crippen molar-refractivity contribution in [3.8, 4) is 0 Å². The molecule has 7 heteroatoms. The number of urea groups is 1. The maximum atomic E-state index is 12.7. The lowest BCUT2D eigenvalue weighted by atomic mass is 10.1. The van der Waals surface area contributed by atoms with Gasteiger partial charge in [0.15, 0.2) is 0 Å². The van der Waals surface area contributed by atoms with Crippen LogP contribution in [-0.4, -0.2) is 36.0 Å². The van der Waals surface area contributed by atoms with E-state index in [-0.39, 0.29) is 11.9 Å². The smallest absolute Gasteiger partial charge is 0.322 e. The van der Waals surface area contributed by atoms with Crippen molar-refractivity contribution < 1.29 is 9.59 Å². The summed E-state index contributed by atoms with van der Waals surface area (Å²) in [5, 5.41) is 6.99. The number of hydrogen-bond acceptors (Lipinski definition) is 2. The van der Waals surface area contributed by atoms with Gasteiger partial charge in [-0.3, -0.25) is 4.79 Å². The fourth-order valence-corrected chi connectivity index (χ4v) is 3.97. The molecule has 154 valence electrons. The van der Waals surface area contributed by atoms with Crippen LogP contribution in [-0.2, 0) is 17.6 Å². The summed E-state index contributed by atoms with van der Waals surface area (Å²) in [4.78, 5) is 26.9. The minimum absolute atomic E-state index is 0.135. The first-order valence-electron chi connectivity index (χ1n) is 9.86. The van der Waals surface area contributed by atoms with Crippen LogP contribution in [0.3, 0.4) is 0 Å². The minimum Gasteiger partial charge on any atom is -0.354 e. The van der Waals surface area contributed by atoms with Gasteiger partial charge in [-0.05, 0) is 61.1 Å². The highest BCUT2D eigenvalue weighted by Crippen LogP contribution is 2.22. The van der Waals surface area contributed by atoms with Crippen LogP contribution >= 0.6 is 23.2 Å². The number of carbonyl (C=O) groups is 2. The normalized spacial score (nSPS) is 16.0. The molecule has 1 fully saturated rings. The predicted molar refractivity (Wildman–Crippen MR) is 118 cm³/mol. The fraction of sp³-hybridized carbons (Fsp3) is 0.364. The quantitative estimate of drug-likeness (QED) is 0.679. The van der Waals surface area contributed by atoms with Gasteiger partial charge in [-0.2, -0.15) is 0 Å². The van der Waals surface area contributed by atoms with E-state index < -0.39 is 6.04 Å². The van der Waals surface area contributed by atoms with Gasteiger partial charge in [0.25, 0.3) is 0 Å². The van der Waals surface area contributed by atoms with Crippen molar-refractivity contribution in [2.45, 2.75) is 38.6 Å². The second-order valence-corrected chi connectivity index (χ2v) is 7.95. The van der Waals surface area contributed by atoms with Crippen LogP contribution in [0.5, 0.6) is 0 Å². The van der Waals surface area contributed by atoms with Crippen LogP contribution in [0.4, 0.5) is 10.5 Å². The first-order chi connectivity index (χ1) is 14.0. The third-order valence-electron chi connectivity index (χ3n) is 5.14. The summed E-state index contributed by atoms with van der Waals surface area (Å²) in [5.41, 5.74) is 2.87. The standard InChI is InChI=1S/C22H25Cl2N3O2/c1-2-15-5-9-18(10-6-15)26-22(29)27-13-3-4-20(27)21(28)25-12-11-16-7-8-17(23)14-19(16)24/h5-10,14,20H,2-4,11-13H2,1H3,(H,25,28)(H,26,29). The lowest BCUT2D eigenvalue weighted by Crippen LogP contribution is -2.47. The van der Waals surface area contributed by atoms with Gasteiger partial charge in [0.2, 0.25) is 5.91 Å². The Morgan fingerprint density at radius 3 is 2.59 bits per heavy atom. The molecule has 0 saturated carbocycles. The highest BCUT2D eigenvalue weighted by Gasteiger charge is 2.34. The number of amides is 3. The average molecular weight is 434 g/mol. The second-order valence-electron chi connectivity index (χ2n) is 7.11. The minimum atomic E-state index is -0.453. The Morgan fingerprint density at radius 2 is 1.90 bits per heavy atom. The molecule has 5 nitrogen and oxygen atoms in total. The maximum Gasteiger partial charge on any atom is 0.322 e. The van der Waals surface area contributed by atoms with Crippen LogP contribution in [0.1, 0.15) is 30.9 Å². The van der Waals surface area contributed by atoms with Crippen molar-refractivity contribution in [3.05, 3.63) is 63.6 Å². The number of carbonyl (C=O) groups excluding carboxylic acids is 2. The molecule has 0 radical (unpaired) electrons. The molecule has 0 aromatic heterocycles. The monoisotopic (exact) mass is 433 g/mol. The number of halogens is 2. The van der Waals surface area contributed by atoms with Crippen LogP contribution in [0, 0.1) is 0 Å². The zero-order chi connectivity index (χ0) is 20.8. The van der Waals surface area contributed by atoms with Gasteiger partial charge >= 0.3 is 6.03 Å². The van der Waals surface area contributed by atoms with E-state index in [1.165, 1.54) is 5.56 Å². The first kappa shape index (κ1) is 21.5. The zero-order valence-electron chi connectivity index (χ0n) is 16.4. The fourth-order valence-electron chi connectivity index (χ4n) is 3.46. The van der Waals surface area contributed by atoms with Gasteiger partial charge in [-0.15, -0.1) is 0 Å². The molecule has 0 bridgehead atoms. The molecule has 29 heavy (non-hydrogen) atoms. The Hall–Kier alpha value is -2.24. The summed E-state index contributed by atoms with van der Waals surface area (Å²) in [6, 6.07) is 12.4. The number of aryl methyl sites for hydroxylation is 1. The number of nitrogens with zero attached hydrogens (tertiary/aromatic N) is 1. The number of benzene rings is 2. The first-order valence-corrected chi connectivity index (χ1v) is 10.6. The van der Waals surface area contributed by atoms with E-state index >= 15 is 0 Å². The number of likely N-dealkylation sites (tertiary alicyclic amines) is 1. The lowest BCUT2D eigenvalue weighted by molar-refractivity contribution is -0.124. The highest BCUT2D eigenvalue weighted by molar-refractivity contribution is 6.35. The van der Waals surface area contributed by atoms with Gasteiger partial charge in [0.1, 0.15) is 6.04 Å². The molecule has 0 spiro atoms. The van der Waals surface area contributed by atoms with E-state index in [1.807, 2.05) is 30.3 Å². The van der Waals surface area contributed by atoms with Gasteiger partial charge in [0.05, 0.1) is 0 Å². The van der Waals surface area contributed by atoms with Gasteiger partial charge < -0.3 is 15.5 Å². The molecular weight excluding hydrogens is 409 g/mol. The number of anilines is 1. The van der Waals surface area contributed by atoms with E-state index in [2.05, 4.69) is 17.6 Å². The molecule has 2 aromatic carbocycles. The van der Waals surface area contributed by atoms with Crippen LogP contribution < -0.4 is 10.6 Å². The van der Waals surface area contributed by atoms with Crippen molar-refractivity contribution in [1.82, 2.24) is 10.2 Å². The Bertz CT molecular complexity index is 871. The second kappa shape index (κ2) is 9.99. The molecule has 3 rings (SSSR count). The predicted octanol–water partition coefficient (Wildman–Crippen LogP) is 4.91. The third-order valence-corrected chi connectivity index (χ3v) is 5.73. The van der Waals surface area contributed by atoms with Gasteiger partial charge in [-0.1, -0.05) is 48.3 Å². The molecule has 0 aliphatic carbocycles. The van der Waals surface area contributed by atoms with E-state index in [0.29, 0.717) is 36.0 Å². The van der Waals surface area contributed by atoms with Crippen LogP contribution in [0.15, 0.2) is 42.5 Å². The molecule has 1 aliphatic rings. The summed E-state index contributed by atoms with van der Waals surface area (Å²) in [6.07, 6.45) is 3.02. The Morgan fingerprint density at radius 1 is 1.14 bits per heavy atom. The summed E-state index contributed by atoms with van der Waals surface area (Å²) in [7, 11) is 0. The Kier molecular flexibility index (Phi) is 7.40. The van der Waals surface area contributed by atoms with Gasteiger partial charge in [-0.25, -0.2) is 4.79 Å². The third kappa shape index (κ3) is 5.64. The van der Waals surface area contributed by atoms with Crippen LogP contribution in [0.25, 0.3) is 0 Å². The molecule has 2 aromatic rings. The van der Waals surface area contributed by atoms with E-state index in [1.54, 1.807) is 17.0 Å². The van der Waals surface area contributed by atoms with E-state index in [4.69, 9.17) is 23.2 Å². The zero-order valence-corrected chi connectivity index (χ0v) is 17.9. The average Bonchev–Trinajstić information content (AvgIpc) is 3.20. The lowest BCUT2D eigenvalue weighted by Gasteiger charge is -2.24. The van der Waals surface area contributed by atoms with Crippen molar-refractivity contribution in [3.63, 3.8) is 0 Å². The molecule has 1 saturated heterocycles. The van der Waals surface area contributed by atoms with E-state index in [0.717, 1.165) is 24.1 Å². The van der Waals surface area contributed by atoms with Gasteiger partial charge in [0, 0.05) is 28.8 Å². The SMILES string of the molecule is CCc1ccc(NC(=O)N2CCCC2C(=O)NCCc2ccc(Cl)cc2Cl)cc1. The highest BCUT2D eigenvalue weighted by atomic mass is 35.5. The number of rotatable bonds is 6. The number of nitrogens with one attached hydrogen (secondary N) is 2. The topological polar surface area (TPSA) is 61.4 Å². The molecule has 1 aliphatic heterocycles. The molecule has 1 heterocycles. The van der Waals surface area contributed by atoms with Crippen molar-refractivity contribution in [2.75, 3.05) is 18.4 Å².